The third kappa shape index (κ3) is 4.70. The number of aromatic nitrogens is 3. The molecule has 3 rings (SSSR count). The first-order valence-electron chi connectivity index (χ1n) is 8.35. The van der Waals surface area contributed by atoms with E-state index in [-0.39, 0.29) is 17.1 Å². The van der Waals surface area contributed by atoms with Gasteiger partial charge in [0.2, 0.25) is 11.8 Å². The SMILES string of the molecule is CC(C)C(Sc1nnc(-c2ccccc2)o1)C(=O)NCc1cccnc1. The number of thioether (sulfide) groups is 1. The highest BCUT2D eigenvalue weighted by molar-refractivity contribution is 8.00. The summed E-state index contributed by atoms with van der Waals surface area (Å²) in [4.78, 5) is 16.6. The molecule has 26 heavy (non-hydrogen) atoms. The molecule has 0 saturated heterocycles. The largest absolute Gasteiger partial charge is 0.411 e. The lowest BCUT2D eigenvalue weighted by atomic mass is 10.1. The standard InChI is InChI=1S/C19H20N4O2S/c1-13(2)16(17(24)21-12-14-7-6-10-20-11-14)26-19-23-22-18(25-19)15-8-4-3-5-9-15/h3-11,13,16H,12H2,1-2H3,(H,21,24). The van der Waals surface area contributed by atoms with Crippen molar-refractivity contribution < 1.29 is 9.21 Å². The predicted octanol–water partition coefficient (Wildman–Crippen LogP) is 3.56. The summed E-state index contributed by atoms with van der Waals surface area (Å²) in [5.74, 6) is 0.501. The monoisotopic (exact) mass is 368 g/mol. The van der Waals surface area contributed by atoms with Crippen molar-refractivity contribution >= 4 is 17.7 Å². The number of carbonyl (C=O) groups excluding carboxylic acids is 1. The van der Waals surface area contributed by atoms with Gasteiger partial charge in [0.25, 0.3) is 5.22 Å². The van der Waals surface area contributed by atoms with E-state index >= 15 is 0 Å². The molecular weight excluding hydrogens is 348 g/mol. The smallest absolute Gasteiger partial charge is 0.277 e. The van der Waals surface area contributed by atoms with Gasteiger partial charge in [-0.2, -0.15) is 0 Å². The number of rotatable bonds is 7. The van der Waals surface area contributed by atoms with Crippen LogP contribution in [0.1, 0.15) is 19.4 Å². The summed E-state index contributed by atoms with van der Waals surface area (Å²) < 4.78 is 5.71. The summed E-state index contributed by atoms with van der Waals surface area (Å²) in [6, 6.07) is 13.3. The van der Waals surface area contributed by atoms with Crippen LogP contribution >= 0.6 is 11.8 Å². The molecule has 0 aliphatic rings. The minimum Gasteiger partial charge on any atom is -0.411 e. The molecule has 3 aromatic rings. The molecule has 1 aromatic carbocycles. The van der Waals surface area contributed by atoms with Crippen LogP contribution in [0.2, 0.25) is 0 Å². The Morgan fingerprint density at radius 3 is 2.65 bits per heavy atom. The lowest BCUT2D eigenvalue weighted by Gasteiger charge is -2.17. The highest BCUT2D eigenvalue weighted by Gasteiger charge is 2.26. The number of amides is 1. The van der Waals surface area contributed by atoms with E-state index in [1.54, 1.807) is 12.4 Å². The number of hydrogen-bond acceptors (Lipinski definition) is 6. The van der Waals surface area contributed by atoms with Gasteiger partial charge in [-0.3, -0.25) is 9.78 Å². The first-order chi connectivity index (χ1) is 12.6. The van der Waals surface area contributed by atoms with Gasteiger partial charge in [0.05, 0.1) is 5.25 Å². The van der Waals surface area contributed by atoms with Gasteiger partial charge < -0.3 is 9.73 Å². The zero-order valence-corrected chi connectivity index (χ0v) is 15.4. The first kappa shape index (κ1) is 18.1. The van der Waals surface area contributed by atoms with Gasteiger partial charge in [0, 0.05) is 24.5 Å². The molecule has 0 spiro atoms. The Balaban J connectivity index is 1.65. The molecule has 1 amide bonds. The molecule has 0 fully saturated rings. The molecule has 1 atom stereocenters. The molecule has 134 valence electrons. The average molecular weight is 368 g/mol. The second-order valence-corrected chi connectivity index (χ2v) is 7.19. The Kier molecular flexibility index (Phi) is 6.01. The molecule has 2 aromatic heterocycles. The van der Waals surface area contributed by atoms with Gasteiger partial charge >= 0.3 is 0 Å². The van der Waals surface area contributed by atoms with Crippen LogP contribution in [-0.2, 0) is 11.3 Å². The highest BCUT2D eigenvalue weighted by Crippen LogP contribution is 2.29. The number of carbonyl (C=O) groups is 1. The van der Waals surface area contributed by atoms with Crippen molar-refractivity contribution in [3.05, 3.63) is 60.4 Å². The average Bonchev–Trinajstić information content (AvgIpc) is 3.14. The number of pyridine rings is 1. The minimum atomic E-state index is -0.323. The quantitative estimate of drug-likeness (QED) is 0.642. The molecule has 0 aliphatic carbocycles. The van der Waals surface area contributed by atoms with Gasteiger partial charge in [-0.05, 0) is 29.7 Å². The van der Waals surface area contributed by atoms with Crippen molar-refractivity contribution in [2.24, 2.45) is 5.92 Å². The van der Waals surface area contributed by atoms with E-state index in [1.165, 1.54) is 11.8 Å². The minimum absolute atomic E-state index is 0.0617. The second kappa shape index (κ2) is 8.62. The van der Waals surface area contributed by atoms with Crippen molar-refractivity contribution in [3.63, 3.8) is 0 Å². The van der Waals surface area contributed by atoms with Crippen LogP contribution in [0.3, 0.4) is 0 Å². The summed E-state index contributed by atoms with van der Waals surface area (Å²) in [5, 5.41) is 11.2. The maximum Gasteiger partial charge on any atom is 0.277 e. The van der Waals surface area contributed by atoms with E-state index in [0.717, 1.165) is 11.1 Å². The molecule has 0 radical (unpaired) electrons. The molecule has 7 heteroatoms. The van der Waals surface area contributed by atoms with Crippen LogP contribution in [0.5, 0.6) is 0 Å². The van der Waals surface area contributed by atoms with Crippen LogP contribution in [0.15, 0.2) is 64.5 Å². The van der Waals surface area contributed by atoms with Crippen LogP contribution in [0.25, 0.3) is 11.5 Å². The normalized spacial score (nSPS) is 12.1. The Labute approximate surface area is 156 Å². The van der Waals surface area contributed by atoms with Crippen molar-refractivity contribution in [1.82, 2.24) is 20.5 Å². The number of nitrogens with one attached hydrogen (secondary N) is 1. The molecule has 0 saturated carbocycles. The second-order valence-electron chi connectivity index (χ2n) is 6.10. The van der Waals surface area contributed by atoms with Gasteiger partial charge in [-0.25, -0.2) is 0 Å². The Hall–Kier alpha value is -2.67. The molecule has 0 aliphatic heterocycles. The van der Waals surface area contributed by atoms with E-state index < -0.39 is 0 Å². The van der Waals surface area contributed by atoms with Gasteiger partial charge in [-0.1, -0.05) is 49.9 Å². The van der Waals surface area contributed by atoms with Crippen LogP contribution in [0.4, 0.5) is 0 Å². The fraction of sp³-hybridized carbons (Fsp3) is 0.263. The third-order valence-corrected chi connectivity index (χ3v) is 5.09. The van der Waals surface area contributed by atoms with E-state index in [0.29, 0.717) is 17.7 Å². The summed E-state index contributed by atoms with van der Waals surface area (Å²) in [6.07, 6.45) is 3.44. The van der Waals surface area contributed by atoms with Crippen LogP contribution < -0.4 is 5.32 Å². The predicted molar refractivity (Wildman–Crippen MR) is 100 cm³/mol. The van der Waals surface area contributed by atoms with Crippen molar-refractivity contribution in [1.29, 1.82) is 0 Å². The van der Waals surface area contributed by atoms with E-state index in [2.05, 4.69) is 20.5 Å². The molecule has 6 nitrogen and oxygen atoms in total. The van der Waals surface area contributed by atoms with E-state index in [9.17, 15) is 4.79 Å². The Morgan fingerprint density at radius 1 is 1.15 bits per heavy atom. The highest BCUT2D eigenvalue weighted by atomic mass is 32.2. The topological polar surface area (TPSA) is 80.9 Å². The number of hydrogen-bond donors (Lipinski definition) is 1. The zero-order valence-electron chi connectivity index (χ0n) is 14.6. The first-order valence-corrected chi connectivity index (χ1v) is 9.23. The van der Waals surface area contributed by atoms with Crippen LogP contribution in [0, 0.1) is 5.92 Å². The lowest BCUT2D eigenvalue weighted by Crippen LogP contribution is -2.35. The van der Waals surface area contributed by atoms with E-state index in [4.69, 9.17) is 4.42 Å². The molecule has 1 unspecified atom stereocenters. The summed E-state index contributed by atoms with van der Waals surface area (Å²) in [6.45, 7) is 4.43. The number of benzene rings is 1. The van der Waals surface area contributed by atoms with Crippen molar-refractivity contribution in [2.45, 2.75) is 30.9 Å². The number of nitrogens with zero attached hydrogens (tertiary/aromatic N) is 3. The third-order valence-electron chi connectivity index (χ3n) is 3.71. The van der Waals surface area contributed by atoms with Gasteiger partial charge in [0.15, 0.2) is 0 Å². The summed E-state index contributed by atoms with van der Waals surface area (Å²) >= 11 is 1.29. The molecular formula is C19H20N4O2S. The fourth-order valence-electron chi connectivity index (χ4n) is 2.35. The molecule has 1 N–H and O–H groups in total. The maximum absolute atomic E-state index is 12.6. The van der Waals surface area contributed by atoms with Gasteiger partial charge in [0.1, 0.15) is 0 Å². The lowest BCUT2D eigenvalue weighted by molar-refractivity contribution is -0.121. The summed E-state index contributed by atoms with van der Waals surface area (Å²) in [7, 11) is 0. The summed E-state index contributed by atoms with van der Waals surface area (Å²) in [5.41, 5.74) is 1.81. The van der Waals surface area contributed by atoms with Crippen molar-refractivity contribution in [3.8, 4) is 11.5 Å². The van der Waals surface area contributed by atoms with Crippen molar-refractivity contribution in [2.75, 3.05) is 0 Å². The zero-order chi connectivity index (χ0) is 18.4. The maximum atomic E-state index is 12.6. The Morgan fingerprint density at radius 2 is 1.96 bits per heavy atom. The van der Waals surface area contributed by atoms with E-state index in [1.807, 2.05) is 56.3 Å². The van der Waals surface area contributed by atoms with Gasteiger partial charge in [-0.15, -0.1) is 10.2 Å². The molecule has 2 heterocycles. The molecule has 0 bridgehead atoms. The fourth-order valence-corrected chi connectivity index (χ4v) is 3.24. The van der Waals surface area contributed by atoms with Crippen LogP contribution in [-0.4, -0.2) is 26.3 Å². The Bertz CT molecular complexity index is 837.